The molecule has 1 aromatic carbocycles. The molecule has 96 valence electrons. The second-order valence-electron chi connectivity index (χ2n) is 5.18. The standard InChI is InChI=1S/C13H15IN2O2/c14-16-9-13(10-16)7-15(8-13)12(17)18-6-11-4-2-1-3-5-11/h1-5H,6-10H2. The Labute approximate surface area is 120 Å². The van der Waals surface area contributed by atoms with Crippen LogP contribution in [0.15, 0.2) is 30.3 Å². The van der Waals surface area contributed by atoms with Crippen LogP contribution in [0.3, 0.4) is 0 Å². The van der Waals surface area contributed by atoms with Gasteiger partial charge in [-0.05, 0) is 5.56 Å². The Kier molecular flexibility index (Phi) is 3.19. The Balaban J connectivity index is 1.44. The minimum atomic E-state index is -0.184. The molecule has 2 aliphatic rings. The van der Waals surface area contributed by atoms with E-state index in [0.717, 1.165) is 31.7 Å². The minimum Gasteiger partial charge on any atom is -0.445 e. The average Bonchev–Trinajstić information content (AvgIpc) is 2.30. The molecule has 1 amide bonds. The lowest BCUT2D eigenvalue weighted by molar-refractivity contribution is -0.0632. The topological polar surface area (TPSA) is 32.8 Å². The van der Waals surface area contributed by atoms with Gasteiger partial charge in [-0.2, -0.15) is 0 Å². The Hall–Kier alpha value is -0.820. The smallest absolute Gasteiger partial charge is 0.410 e. The van der Waals surface area contributed by atoms with Crippen LogP contribution in [0.2, 0.25) is 0 Å². The Morgan fingerprint density at radius 1 is 1.22 bits per heavy atom. The largest absolute Gasteiger partial charge is 0.445 e. The third-order valence-corrected chi connectivity index (χ3v) is 4.21. The van der Waals surface area contributed by atoms with Gasteiger partial charge in [-0.3, -0.25) is 0 Å². The molecular weight excluding hydrogens is 343 g/mol. The molecular formula is C13H15IN2O2. The summed E-state index contributed by atoms with van der Waals surface area (Å²) in [6.45, 7) is 4.24. The van der Waals surface area contributed by atoms with E-state index in [2.05, 4.69) is 26.0 Å². The number of carbonyl (C=O) groups is 1. The van der Waals surface area contributed by atoms with Crippen molar-refractivity contribution >= 4 is 29.0 Å². The lowest BCUT2D eigenvalue weighted by Crippen LogP contribution is -2.70. The fourth-order valence-corrected chi connectivity index (χ4v) is 4.03. The van der Waals surface area contributed by atoms with E-state index in [1.54, 1.807) is 4.90 Å². The molecule has 0 aliphatic carbocycles. The van der Waals surface area contributed by atoms with Crippen molar-refractivity contribution in [3.05, 3.63) is 35.9 Å². The van der Waals surface area contributed by atoms with Crippen LogP contribution in [0.5, 0.6) is 0 Å². The van der Waals surface area contributed by atoms with Crippen molar-refractivity contribution in [2.24, 2.45) is 5.41 Å². The van der Waals surface area contributed by atoms with Gasteiger partial charge in [0, 0.05) is 54.5 Å². The van der Waals surface area contributed by atoms with Crippen molar-refractivity contribution in [3.63, 3.8) is 0 Å². The highest BCUT2D eigenvalue weighted by atomic mass is 127. The van der Waals surface area contributed by atoms with E-state index in [0.29, 0.717) is 12.0 Å². The molecule has 0 unspecified atom stereocenters. The number of halogens is 1. The third-order valence-electron chi connectivity index (χ3n) is 3.53. The predicted molar refractivity (Wildman–Crippen MR) is 76.2 cm³/mol. The maximum atomic E-state index is 11.8. The highest BCUT2D eigenvalue weighted by Crippen LogP contribution is 2.41. The molecule has 2 aliphatic heterocycles. The van der Waals surface area contributed by atoms with Gasteiger partial charge in [-0.25, -0.2) is 7.91 Å². The molecule has 1 spiro atoms. The van der Waals surface area contributed by atoms with Gasteiger partial charge in [0.05, 0.1) is 0 Å². The summed E-state index contributed by atoms with van der Waals surface area (Å²) in [5.74, 6) is 0. The number of likely N-dealkylation sites (tertiary alicyclic amines) is 1. The lowest BCUT2D eigenvalue weighted by Gasteiger charge is -2.57. The van der Waals surface area contributed by atoms with E-state index in [9.17, 15) is 4.79 Å². The summed E-state index contributed by atoms with van der Waals surface area (Å²) in [5, 5.41) is 0. The van der Waals surface area contributed by atoms with Crippen molar-refractivity contribution in [3.8, 4) is 0 Å². The van der Waals surface area contributed by atoms with Gasteiger partial charge in [-0.15, -0.1) is 0 Å². The molecule has 5 heteroatoms. The third kappa shape index (κ3) is 2.33. The number of benzene rings is 1. The van der Waals surface area contributed by atoms with Gasteiger partial charge in [0.1, 0.15) is 6.61 Å². The first-order valence-electron chi connectivity index (χ1n) is 6.03. The highest BCUT2D eigenvalue weighted by molar-refractivity contribution is 14.1. The van der Waals surface area contributed by atoms with E-state index >= 15 is 0 Å². The molecule has 2 heterocycles. The molecule has 2 fully saturated rings. The fraction of sp³-hybridized carbons (Fsp3) is 0.462. The number of ether oxygens (including phenoxy) is 1. The van der Waals surface area contributed by atoms with Crippen LogP contribution in [0, 0.1) is 5.41 Å². The van der Waals surface area contributed by atoms with Crippen LogP contribution >= 0.6 is 22.9 Å². The van der Waals surface area contributed by atoms with Crippen LogP contribution in [0.1, 0.15) is 5.56 Å². The maximum Gasteiger partial charge on any atom is 0.410 e. The summed E-state index contributed by atoms with van der Waals surface area (Å²) in [7, 11) is 0. The van der Waals surface area contributed by atoms with Gasteiger partial charge in [-0.1, -0.05) is 30.3 Å². The van der Waals surface area contributed by atoms with Crippen LogP contribution in [0.4, 0.5) is 4.79 Å². The second-order valence-corrected chi connectivity index (χ2v) is 6.54. The van der Waals surface area contributed by atoms with Crippen molar-refractivity contribution in [2.75, 3.05) is 26.2 Å². The number of rotatable bonds is 2. The summed E-state index contributed by atoms with van der Waals surface area (Å²) < 4.78 is 7.55. The molecule has 0 saturated carbocycles. The number of amides is 1. The normalized spacial score (nSPS) is 21.3. The second kappa shape index (κ2) is 4.70. The van der Waals surface area contributed by atoms with Gasteiger partial charge < -0.3 is 9.64 Å². The molecule has 0 N–H and O–H groups in total. The first kappa shape index (κ1) is 12.2. The number of carbonyl (C=O) groups excluding carboxylic acids is 1. The van der Waals surface area contributed by atoms with Crippen molar-refractivity contribution in [2.45, 2.75) is 6.61 Å². The molecule has 0 radical (unpaired) electrons. The molecule has 0 aromatic heterocycles. The summed E-state index contributed by atoms with van der Waals surface area (Å²) in [4.78, 5) is 13.6. The molecule has 18 heavy (non-hydrogen) atoms. The lowest BCUT2D eigenvalue weighted by atomic mass is 9.75. The predicted octanol–water partition coefficient (Wildman–Crippen LogP) is 2.29. The van der Waals surface area contributed by atoms with Crippen LogP contribution in [-0.4, -0.2) is 40.3 Å². The van der Waals surface area contributed by atoms with E-state index in [1.165, 1.54) is 0 Å². The molecule has 0 bridgehead atoms. The van der Waals surface area contributed by atoms with E-state index in [-0.39, 0.29) is 6.09 Å². The van der Waals surface area contributed by atoms with Crippen LogP contribution in [-0.2, 0) is 11.3 Å². The van der Waals surface area contributed by atoms with Crippen molar-refractivity contribution < 1.29 is 9.53 Å². The minimum absolute atomic E-state index is 0.184. The Morgan fingerprint density at radius 2 is 1.89 bits per heavy atom. The average molecular weight is 358 g/mol. The molecule has 3 rings (SSSR count). The van der Waals surface area contributed by atoms with Gasteiger partial charge >= 0.3 is 6.09 Å². The van der Waals surface area contributed by atoms with Crippen molar-refractivity contribution in [1.29, 1.82) is 0 Å². The van der Waals surface area contributed by atoms with E-state index in [4.69, 9.17) is 4.74 Å². The summed E-state index contributed by atoms with van der Waals surface area (Å²) in [5.41, 5.74) is 1.40. The fourth-order valence-electron chi connectivity index (χ4n) is 2.58. The highest BCUT2D eigenvalue weighted by Gasteiger charge is 2.53. The number of nitrogens with zero attached hydrogens (tertiary/aromatic N) is 2. The van der Waals surface area contributed by atoms with Gasteiger partial charge in [0.15, 0.2) is 0 Å². The maximum absolute atomic E-state index is 11.8. The molecule has 4 nitrogen and oxygen atoms in total. The first-order chi connectivity index (χ1) is 8.67. The van der Waals surface area contributed by atoms with Gasteiger partial charge in [0.2, 0.25) is 0 Å². The molecule has 2 saturated heterocycles. The first-order valence-corrected chi connectivity index (χ1v) is 7.00. The number of hydrogen-bond acceptors (Lipinski definition) is 3. The van der Waals surface area contributed by atoms with Crippen molar-refractivity contribution in [1.82, 2.24) is 8.01 Å². The monoisotopic (exact) mass is 358 g/mol. The Morgan fingerprint density at radius 3 is 2.50 bits per heavy atom. The van der Waals surface area contributed by atoms with E-state index < -0.39 is 0 Å². The zero-order chi connectivity index (χ0) is 12.6. The zero-order valence-electron chi connectivity index (χ0n) is 10.0. The van der Waals surface area contributed by atoms with E-state index in [1.807, 2.05) is 30.3 Å². The summed E-state index contributed by atoms with van der Waals surface area (Å²) in [6, 6.07) is 9.78. The zero-order valence-corrected chi connectivity index (χ0v) is 12.2. The molecule has 0 atom stereocenters. The number of hydrogen-bond donors (Lipinski definition) is 0. The van der Waals surface area contributed by atoms with Gasteiger partial charge in [0.25, 0.3) is 0 Å². The summed E-state index contributed by atoms with van der Waals surface area (Å²) >= 11 is 2.32. The quantitative estimate of drug-likeness (QED) is 0.601. The summed E-state index contributed by atoms with van der Waals surface area (Å²) in [6.07, 6.45) is -0.184. The Bertz CT molecular complexity index is 438. The van der Waals surface area contributed by atoms with Crippen LogP contribution in [0.25, 0.3) is 0 Å². The molecule has 1 aromatic rings. The SMILES string of the molecule is O=C(OCc1ccccc1)N1CC2(CN(I)C2)C1. The van der Waals surface area contributed by atoms with Crippen LogP contribution < -0.4 is 0 Å².